The minimum atomic E-state index is -1.10. The van der Waals surface area contributed by atoms with Gasteiger partial charge in [0, 0.05) is 5.69 Å². The highest BCUT2D eigenvalue weighted by Gasteiger charge is 2.17. The lowest BCUT2D eigenvalue weighted by Gasteiger charge is -2.20. The van der Waals surface area contributed by atoms with Crippen molar-refractivity contribution in [2.45, 2.75) is 20.3 Å². The first kappa shape index (κ1) is 15.6. The van der Waals surface area contributed by atoms with E-state index in [4.69, 9.17) is 11.5 Å². The van der Waals surface area contributed by atoms with Crippen LogP contribution in [0.15, 0.2) is 18.2 Å². The number of nitrogens with zero attached hydrogens (tertiary/aromatic N) is 1. The monoisotopic (exact) mass is 274 g/mol. The molecule has 0 aliphatic carbocycles. The zero-order valence-corrected chi connectivity index (χ0v) is 11.6. The molecular weight excluding hydrogens is 256 g/mol. The number of carbonyl (C=O) groups is 2. The van der Waals surface area contributed by atoms with E-state index < -0.39 is 18.5 Å². The molecule has 1 aromatic rings. The summed E-state index contributed by atoms with van der Waals surface area (Å²) in [6.45, 7) is 3.40. The summed E-state index contributed by atoms with van der Waals surface area (Å²) >= 11 is 0. The number of anilines is 1. The third kappa shape index (κ3) is 4.02. The summed E-state index contributed by atoms with van der Waals surface area (Å²) in [6, 6.07) is 5.22. The number of aryl methyl sites for hydroxylation is 2. The highest BCUT2D eigenvalue weighted by atomic mass is 16.4. The summed E-state index contributed by atoms with van der Waals surface area (Å²) < 4.78 is 0. The highest BCUT2D eigenvalue weighted by Crippen LogP contribution is 2.21. The number of carbonyl (C=O) groups excluding carboxylic acids is 1. The van der Waals surface area contributed by atoms with Gasteiger partial charge in [-0.25, -0.2) is 4.79 Å². The summed E-state index contributed by atoms with van der Waals surface area (Å²) in [7, 11) is 0. The van der Waals surface area contributed by atoms with Gasteiger partial charge < -0.3 is 15.3 Å². The summed E-state index contributed by atoms with van der Waals surface area (Å²) in [5.41, 5.74) is 2.63. The quantitative estimate of drug-likeness (QED) is 0.808. The predicted octanol–water partition coefficient (Wildman–Crippen LogP) is 2.11. The second-order valence-electron chi connectivity index (χ2n) is 4.35. The molecule has 1 rings (SSSR count). The van der Waals surface area contributed by atoms with Crippen LogP contribution in [0.3, 0.4) is 0 Å². The van der Waals surface area contributed by atoms with Crippen molar-refractivity contribution >= 4 is 17.7 Å². The lowest BCUT2D eigenvalue weighted by molar-refractivity contribution is -0.137. The van der Waals surface area contributed by atoms with Crippen LogP contribution in [0.1, 0.15) is 18.1 Å². The van der Waals surface area contributed by atoms with Crippen molar-refractivity contribution in [3.05, 3.63) is 29.3 Å². The molecule has 1 aromatic carbocycles. The number of rotatable bonds is 5. The SMILES string of the molecule is C#CCN(CC(=O)O)C(=O)Nc1c(C)cccc1CC. The number of hydrogen-bond donors (Lipinski definition) is 2. The molecule has 0 aliphatic rings. The molecule has 5 heteroatoms. The first-order valence-corrected chi connectivity index (χ1v) is 6.29. The Balaban J connectivity index is 2.93. The molecular formula is C15H18N2O3. The third-order valence-electron chi connectivity index (χ3n) is 2.87. The number of carboxylic acid groups (broad SMARTS) is 1. The van der Waals surface area contributed by atoms with Gasteiger partial charge in [0.05, 0.1) is 6.54 Å². The maximum atomic E-state index is 12.1. The van der Waals surface area contributed by atoms with Crippen LogP contribution in [-0.2, 0) is 11.2 Å². The molecule has 0 saturated carbocycles. The van der Waals surface area contributed by atoms with Gasteiger partial charge in [0.2, 0.25) is 0 Å². The minimum Gasteiger partial charge on any atom is -0.480 e. The van der Waals surface area contributed by atoms with Crippen molar-refractivity contribution in [3.8, 4) is 12.3 Å². The van der Waals surface area contributed by atoms with Crippen LogP contribution in [0.25, 0.3) is 0 Å². The van der Waals surface area contributed by atoms with Crippen LogP contribution in [0, 0.1) is 19.3 Å². The fraction of sp³-hybridized carbons (Fsp3) is 0.333. The Morgan fingerprint density at radius 3 is 2.70 bits per heavy atom. The molecule has 20 heavy (non-hydrogen) atoms. The van der Waals surface area contributed by atoms with E-state index in [1.807, 2.05) is 32.0 Å². The van der Waals surface area contributed by atoms with Crippen LogP contribution >= 0.6 is 0 Å². The molecule has 106 valence electrons. The number of nitrogens with one attached hydrogen (secondary N) is 1. The van der Waals surface area contributed by atoms with E-state index in [-0.39, 0.29) is 6.54 Å². The Kier molecular flexibility index (Phi) is 5.60. The largest absolute Gasteiger partial charge is 0.480 e. The summed E-state index contributed by atoms with van der Waals surface area (Å²) in [5.74, 6) is 1.18. The van der Waals surface area contributed by atoms with Crippen LogP contribution < -0.4 is 5.32 Å². The van der Waals surface area contributed by atoms with Crippen molar-refractivity contribution in [2.75, 3.05) is 18.4 Å². The van der Waals surface area contributed by atoms with Crippen molar-refractivity contribution in [1.29, 1.82) is 0 Å². The minimum absolute atomic E-state index is 0.0501. The highest BCUT2D eigenvalue weighted by molar-refractivity contribution is 5.93. The van der Waals surface area contributed by atoms with E-state index in [1.165, 1.54) is 0 Å². The van der Waals surface area contributed by atoms with Gasteiger partial charge in [-0.15, -0.1) is 6.42 Å². The van der Waals surface area contributed by atoms with Crippen molar-refractivity contribution < 1.29 is 14.7 Å². The van der Waals surface area contributed by atoms with Crippen molar-refractivity contribution in [1.82, 2.24) is 4.90 Å². The Morgan fingerprint density at radius 2 is 2.15 bits per heavy atom. The molecule has 2 N–H and O–H groups in total. The van der Waals surface area contributed by atoms with Crippen LogP contribution in [-0.4, -0.2) is 35.1 Å². The van der Waals surface area contributed by atoms with Gasteiger partial charge >= 0.3 is 12.0 Å². The van der Waals surface area contributed by atoms with E-state index in [1.54, 1.807) is 0 Å². The smallest absolute Gasteiger partial charge is 0.323 e. The van der Waals surface area contributed by atoms with Gasteiger partial charge in [-0.1, -0.05) is 31.0 Å². The van der Waals surface area contributed by atoms with E-state index in [0.29, 0.717) is 5.69 Å². The molecule has 0 atom stereocenters. The zero-order chi connectivity index (χ0) is 15.1. The van der Waals surface area contributed by atoms with E-state index in [2.05, 4.69) is 11.2 Å². The maximum Gasteiger partial charge on any atom is 0.323 e. The number of carboxylic acids is 1. The summed E-state index contributed by atoms with van der Waals surface area (Å²) in [5, 5.41) is 11.5. The Morgan fingerprint density at radius 1 is 1.45 bits per heavy atom. The number of hydrogen-bond acceptors (Lipinski definition) is 2. The predicted molar refractivity (Wildman–Crippen MR) is 77.6 cm³/mol. The molecule has 0 heterocycles. The lowest BCUT2D eigenvalue weighted by Crippen LogP contribution is -2.39. The second-order valence-corrected chi connectivity index (χ2v) is 4.35. The van der Waals surface area contributed by atoms with Crippen molar-refractivity contribution in [3.63, 3.8) is 0 Å². The molecule has 0 aliphatic heterocycles. The Hall–Kier alpha value is -2.48. The average molecular weight is 274 g/mol. The molecule has 0 aromatic heterocycles. The molecule has 0 bridgehead atoms. The van der Waals surface area contributed by atoms with Crippen molar-refractivity contribution in [2.24, 2.45) is 0 Å². The van der Waals surface area contributed by atoms with E-state index in [9.17, 15) is 9.59 Å². The first-order chi connectivity index (χ1) is 9.49. The van der Waals surface area contributed by atoms with Gasteiger partial charge in [-0.2, -0.15) is 0 Å². The number of urea groups is 1. The fourth-order valence-corrected chi connectivity index (χ4v) is 1.86. The molecule has 0 saturated heterocycles. The fourth-order valence-electron chi connectivity index (χ4n) is 1.86. The zero-order valence-electron chi connectivity index (χ0n) is 11.6. The topological polar surface area (TPSA) is 69.6 Å². The molecule has 0 unspecified atom stereocenters. The number of aliphatic carboxylic acids is 1. The lowest BCUT2D eigenvalue weighted by atomic mass is 10.1. The third-order valence-corrected chi connectivity index (χ3v) is 2.87. The number of para-hydroxylation sites is 1. The number of terminal acetylenes is 1. The Labute approximate surface area is 118 Å². The van der Waals surface area contributed by atoms with Crippen LogP contribution in [0.2, 0.25) is 0 Å². The first-order valence-electron chi connectivity index (χ1n) is 6.29. The van der Waals surface area contributed by atoms with Gasteiger partial charge in [-0.3, -0.25) is 4.79 Å². The molecule has 0 spiro atoms. The average Bonchev–Trinajstić information content (AvgIpc) is 2.40. The van der Waals surface area contributed by atoms with Gasteiger partial charge in [-0.05, 0) is 24.5 Å². The van der Waals surface area contributed by atoms with E-state index in [0.717, 1.165) is 22.4 Å². The number of benzene rings is 1. The van der Waals surface area contributed by atoms with E-state index >= 15 is 0 Å². The second kappa shape index (κ2) is 7.19. The Bertz CT molecular complexity index is 547. The maximum absolute atomic E-state index is 12.1. The molecule has 0 radical (unpaired) electrons. The molecule has 2 amide bonds. The molecule has 5 nitrogen and oxygen atoms in total. The van der Waals surface area contributed by atoms with Gasteiger partial charge in [0.25, 0.3) is 0 Å². The normalized spacial score (nSPS) is 9.65. The van der Waals surface area contributed by atoms with Crippen LogP contribution in [0.5, 0.6) is 0 Å². The van der Waals surface area contributed by atoms with Gasteiger partial charge in [0.15, 0.2) is 0 Å². The standard InChI is InChI=1S/C15H18N2O3/c1-4-9-17(10-13(18)19)15(20)16-14-11(3)7-6-8-12(14)5-2/h1,6-8H,5,9-10H2,2-3H3,(H,16,20)(H,18,19). The van der Waals surface area contributed by atoms with Crippen LogP contribution in [0.4, 0.5) is 10.5 Å². The summed E-state index contributed by atoms with van der Waals surface area (Å²) in [6.07, 6.45) is 5.93. The number of amides is 2. The van der Waals surface area contributed by atoms with Gasteiger partial charge in [0.1, 0.15) is 6.54 Å². The summed E-state index contributed by atoms with van der Waals surface area (Å²) in [4.78, 5) is 23.9. The molecule has 0 fully saturated rings.